The van der Waals surface area contributed by atoms with E-state index in [2.05, 4.69) is 12.1 Å². The van der Waals surface area contributed by atoms with E-state index in [1.807, 2.05) is 32.0 Å². The van der Waals surface area contributed by atoms with Crippen molar-refractivity contribution in [2.75, 3.05) is 20.3 Å². The Morgan fingerprint density at radius 2 is 1.91 bits per heavy atom. The van der Waals surface area contributed by atoms with Crippen molar-refractivity contribution >= 4 is 0 Å². The SMILES string of the molecule is CCOc1cc(CC(CN)c2ccc(OC)c(C)c2)ccc1O. The summed E-state index contributed by atoms with van der Waals surface area (Å²) in [5, 5.41) is 9.80. The van der Waals surface area contributed by atoms with E-state index < -0.39 is 0 Å². The van der Waals surface area contributed by atoms with E-state index in [-0.39, 0.29) is 11.7 Å². The standard InChI is InChI=1S/C19H25NO3/c1-4-23-19-11-14(5-7-17(19)21)10-16(12-20)15-6-8-18(22-3)13(2)9-15/h5-9,11,16,21H,4,10,12,20H2,1-3H3. The van der Waals surface area contributed by atoms with Gasteiger partial charge in [0.1, 0.15) is 5.75 Å². The van der Waals surface area contributed by atoms with Gasteiger partial charge in [0.15, 0.2) is 11.5 Å². The van der Waals surface area contributed by atoms with E-state index in [1.54, 1.807) is 13.2 Å². The van der Waals surface area contributed by atoms with E-state index in [0.29, 0.717) is 18.9 Å². The summed E-state index contributed by atoms with van der Waals surface area (Å²) in [6, 6.07) is 11.6. The molecule has 0 fully saturated rings. The van der Waals surface area contributed by atoms with E-state index in [0.717, 1.165) is 23.3 Å². The van der Waals surface area contributed by atoms with Gasteiger partial charge in [0.25, 0.3) is 0 Å². The second-order valence-electron chi connectivity index (χ2n) is 5.60. The Morgan fingerprint density at radius 3 is 2.52 bits per heavy atom. The second kappa shape index (κ2) is 7.88. The van der Waals surface area contributed by atoms with Gasteiger partial charge in [0, 0.05) is 5.92 Å². The topological polar surface area (TPSA) is 64.7 Å². The van der Waals surface area contributed by atoms with Crippen LogP contribution < -0.4 is 15.2 Å². The number of aryl methyl sites for hydroxylation is 1. The molecule has 0 radical (unpaired) electrons. The van der Waals surface area contributed by atoms with Gasteiger partial charge in [-0.1, -0.05) is 18.2 Å². The number of phenolic OH excluding ortho intramolecular Hbond substituents is 1. The van der Waals surface area contributed by atoms with E-state index in [1.165, 1.54) is 5.56 Å². The molecule has 4 nitrogen and oxygen atoms in total. The first-order valence-corrected chi connectivity index (χ1v) is 7.88. The lowest BCUT2D eigenvalue weighted by molar-refractivity contribution is 0.317. The van der Waals surface area contributed by atoms with Gasteiger partial charge >= 0.3 is 0 Å². The van der Waals surface area contributed by atoms with Gasteiger partial charge in [0.05, 0.1) is 13.7 Å². The summed E-state index contributed by atoms with van der Waals surface area (Å²) in [5.41, 5.74) is 9.37. The summed E-state index contributed by atoms with van der Waals surface area (Å²) in [7, 11) is 1.67. The van der Waals surface area contributed by atoms with Crippen LogP contribution in [-0.2, 0) is 6.42 Å². The molecule has 1 unspecified atom stereocenters. The molecular formula is C19H25NO3. The molecule has 0 heterocycles. The fourth-order valence-electron chi connectivity index (χ4n) is 2.73. The molecule has 1 atom stereocenters. The largest absolute Gasteiger partial charge is 0.504 e. The van der Waals surface area contributed by atoms with Crippen molar-refractivity contribution in [3.8, 4) is 17.2 Å². The normalized spacial score (nSPS) is 12.0. The minimum atomic E-state index is 0.167. The number of rotatable bonds is 7. The minimum Gasteiger partial charge on any atom is -0.504 e. The van der Waals surface area contributed by atoms with Gasteiger partial charge in [-0.2, -0.15) is 0 Å². The van der Waals surface area contributed by atoms with Gasteiger partial charge in [-0.15, -0.1) is 0 Å². The van der Waals surface area contributed by atoms with Crippen LogP contribution in [0.2, 0.25) is 0 Å². The summed E-state index contributed by atoms with van der Waals surface area (Å²) in [6.45, 7) is 5.00. The summed E-state index contributed by atoms with van der Waals surface area (Å²) >= 11 is 0. The summed E-state index contributed by atoms with van der Waals surface area (Å²) in [4.78, 5) is 0. The van der Waals surface area contributed by atoms with Crippen LogP contribution in [0.1, 0.15) is 29.5 Å². The lowest BCUT2D eigenvalue weighted by Gasteiger charge is -2.18. The van der Waals surface area contributed by atoms with Gasteiger partial charge < -0.3 is 20.3 Å². The Hall–Kier alpha value is -2.20. The third kappa shape index (κ3) is 4.17. The number of aromatic hydroxyl groups is 1. The third-order valence-corrected chi connectivity index (χ3v) is 3.98. The highest BCUT2D eigenvalue weighted by Gasteiger charge is 2.14. The zero-order valence-corrected chi connectivity index (χ0v) is 14.0. The van der Waals surface area contributed by atoms with E-state index in [4.69, 9.17) is 15.2 Å². The van der Waals surface area contributed by atoms with Crippen LogP contribution in [0.25, 0.3) is 0 Å². The van der Waals surface area contributed by atoms with E-state index >= 15 is 0 Å². The maximum Gasteiger partial charge on any atom is 0.161 e. The zero-order chi connectivity index (χ0) is 16.8. The second-order valence-corrected chi connectivity index (χ2v) is 5.60. The van der Waals surface area contributed by atoms with Crippen LogP contribution in [0, 0.1) is 6.92 Å². The minimum absolute atomic E-state index is 0.167. The van der Waals surface area contributed by atoms with Crippen molar-refractivity contribution in [3.63, 3.8) is 0 Å². The number of ether oxygens (including phenoxy) is 2. The molecule has 2 rings (SSSR count). The van der Waals surface area contributed by atoms with Crippen LogP contribution in [0.15, 0.2) is 36.4 Å². The van der Waals surface area contributed by atoms with Gasteiger partial charge in [-0.25, -0.2) is 0 Å². The molecule has 0 aliphatic rings. The molecule has 0 aliphatic carbocycles. The lowest BCUT2D eigenvalue weighted by Crippen LogP contribution is -2.15. The van der Waals surface area contributed by atoms with Gasteiger partial charge in [-0.3, -0.25) is 0 Å². The first-order chi connectivity index (χ1) is 11.1. The number of hydrogen-bond donors (Lipinski definition) is 2. The molecule has 4 heteroatoms. The molecule has 0 saturated carbocycles. The number of nitrogens with two attached hydrogens (primary N) is 1. The Balaban J connectivity index is 2.22. The van der Waals surface area contributed by atoms with Crippen LogP contribution in [0.3, 0.4) is 0 Å². The maximum absolute atomic E-state index is 9.80. The maximum atomic E-state index is 9.80. The molecule has 0 bridgehead atoms. The molecule has 0 saturated heterocycles. The zero-order valence-electron chi connectivity index (χ0n) is 14.0. The Morgan fingerprint density at radius 1 is 1.13 bits per heavy atom. The molecule has 0 aromatic heterocycles. The fraction of sp³-hybridized carbons (Fsp3) is 0.368. The molecular weight excluding hydrogens is 290 g/mol. The highest BCUT2D eigenvalue weighted by Crippen LogP contribution is 2.30. The monoisotopic (exact) mass is 315 g/mol. The van der Waals surface area contributed by atoms with Crippen LogP contribution >= 0.6 is 0 Å². The van der Waals surface area contributed by atoms with Crippen molar-refractivity contribution in [1.82, 2.24) is 0 Å². The summed E-state index contributed by atoms with van der Waals surface area (Å²) < 4.78 is 10.8. The summed E-state index contributed by atoms with van der Waals surface area (Å²) in [6.07, 6.45) is 0.794. The van der Waals surface area contributed by atoms with Crippen LogP contribution in [-0.4, -0.2) is 25.4 Å². The van der Waals surface area contributed by atoms with Gasteiger partial charge in [0.2, 0.25) is 0 Å². The van der Waals surface area contributed by atoms with Crippen LogP contribution in [0.4, 0.5) is 0 Å². The van der Waals surface area contributed by atoms with E-state index in [9.17, 15) is 5.11 Å². The molecule has 23 heavy (non-hydrogen) atoms. The Bertz CT molecular complexity index is 655. The quantitative estimate of drug-likeness (QED) is 0.822. The number of phenols is 1. The average molecular weight is 315 g/mol. The van der Waals surface area contributed by atoms with Crippen LogP contribution in [0.5, 0.6) is 17.2 Å². The van der Waals surface area contributed by atoms with Crippen molar-refractivity contribution < 1.29 is 14.6 Å². The predicted octanol–water partition coefficient (Wildman–Crippen LogP) is 3.39. The van der Waals surface area contributed by atoms with Crippen molar-refractivity contribution in [2.45, 2.75) is 26.2 Å². The predicted molar refractivity (Wildman–Crippen MR) is 92.5 cm³/mol. The Kier molecular flexibility index (Phi) is 5.88. The molecule has 124 valence electrons. The van der Waals surface area contributed by atoms with Crippen molar-refractivity contribution in [1.29, 1.82) is 0 Å². The molecule has 3 N–H and O–H groups in total. The molecule has 0 spiro atoms. The smallest absolute Gasteiger partial charge is 0.161 e. The number of hydrogen-bond acceptors (Lipinski definition) is 4. The van der Waals surface area contributed by atoms with Gasteiger partial charge in [-0.05, 0) is 61.7 Å². The molecule has 2 aromatic rings. The Labute approximate surface area is 137 Å². The fourth-order valence-corrected chi connectivity index (χ4v) is 2.73. The van der Waals surface area contributed by atoms with Crippen molar-refractivity contribution in [3.05, 3.63) is 53.1 Å². The lowest BCUT2D eigenvalue weighted by atomic mass is 9.91. The first-order valence-electron chi connectivity index (χ1n) is 7.88. The highest BCUT2D eigenvalue weighted by molar-refractivity contribution is 5.43. The number of benzene rings is 2. The third-order valence-electron chi connectivity index (χ3n) is 3.98. The highest BCUT2D eigenvalue weighted by atomic mass is 16.5. The molecule has 2 aromatic carbocycles. The number of methoxy groups -OCH3 is 1. The van der Waals surface area contributed by atoms with Crippen molar-refractivity contribution in [2.24, 2.45) is 5.73 Å². The molecule has 0 amide bonds. The summed E-state index contributed by atoms with van der Waals surface area (Å²) in [5.74, 6) is 1.78. The first kappa shape index (κ1) is 17.2. The average Bonchev–Trinajstić information content (AvgIpc) is 2.55. The molecule has 0 aliphatic heterocycles.